The lowest BCUT2D eigenvalue weighted by Crippen LogP contribution is -2.27. The average Bonchev–Trinajstić information content (AvgIpc) is 3.45. The van der Waals surface area contributed by atoms with Crippen molar-refractivity contribution in [3.05, 3.63) is 63.8 Å². The smallest absolute Gasteiger partial charge is 0.312 e. The summed E-state index contributed by atoms with van der Waals surface area (Å²) in [7, 11) is -3.75. The van der Waals surface area contributed by atoms with Crippen molar-refractivity contribution in [1.29, 1.82) is 0 Å². The van der Waals surface area contributed by atoms with Gasteiger partial charge in [0.15, 0.2) is 5.75 Å². The van der Waals surface area contributed by atoms with Crippen LogP contribution < -0.4 is 4.74 Å². The number of nitro benzene ring substituents is 1. The fraction of sp³-hybridized carbons (Fsp3) is 0.263. The zero-order valence-electron chi connectivity index (χ0n) is 15.8. The maximum atomic E-state index is 12.7. The summed E-state index contributed by atoms with van der Waals surface area (Å²) < 4.78 is 32.3. The maximum Gasteiger partial charge on any atom is 0.312 e. The third-order valence-corrected chi connectivity index (χ3v) is 7.45. The van der Waals surface area contributed by atoms with Crippen LogP contribution in [-0.2, 0) is 16.6 Å². The van der Waals surface area contributed by atoms with Crippen molar-refractivity contribution in [2.75, 3.05) is 13.1 Å². The molecular weight excluding hydrogens is 428 g/mol. The number of rotatable bonds is 7. The first-order valence-electron chi connectivity index (χ1n) is 9.22. The molecule has 1 aliphatic heterocycles. The summed E-state index contributed by atoms with van der Waals surface area (Å²) in [5, 5.41) is 14.0. The summed E-state index contributed by atoms with van der Waals surface area (Å²) >= 11 is 1.40. The number of ether oxygens (including phenoxy) is 1. The second-order valence-corrected chi connectivity index (χ2v) is 9.44. The van der Waals surface area contributed by atoms with Crippen LogP contribution >= 0.6 is 11.3 Å². The normalized spacial score (nSPS) is 14.7. The second kappa shape index (κ2) is 8.46. The first-order valence-corrected chi connectivity index (χ1v) is 11.5. The number of hydrogen-bond acceptors (Lipinski definition) is 8. The molecule has 0 N–H and O–H groups in total. The fourth-order valence-electron chi connectivity index (χ4n) is 3.13. The number of benzene rings is 1. The zero-order chi connectivity index (χ0) is 21.1. The summed E-state index contributed by atoms with van der Waals surface area (Å²) in [4.78, 5) is 19.5. The van der Waals surface area contributed by atoms with E-state index in [1.165, 1.54) is 27.8 Å². The second-order valence-electron chi connectivity index (χ2n) is 6.65. The molecule has 2 aromatic heterocycles. The SMILES string of the molecule is O=[N+]([O-])c1cc(S(=O)(=O)N2CCCC2)ccc1OCc1csc(-c2ccccn2)n1. The first kappa shape index (κ1) is 20.4. The van der Waals surface area contributed by atoms with Crippen LogP contribution in [0.4, 0.5) is 5.69 Å². The molecule has 0 amide bonds. The van der Waals surface area contributed by atoms with E-state index in [0.29, 0.717) is 18.8 Å². The molecule has 1 aromatic carbocycles. The minimum Gasteiger partial charge on any atom is -0.480 e. The highest BCUT2D eigenvalue weighted by Crippen LogP contribution is 2.32. The Balaban J connectivity index is 1.53. The van der Waals surface area contributed by atoms with E-state index in [-0.39, 0.29) is 17.3 Å². The largest absolute Gasteiger partial charge is 0.480 e. The van der Waals surface area contributed by atoms with Gasteiger partial charge in [-0.05, 0) is 37.1 Å². The molecule has 3 aromatic rings. The van der Waals surface area contributed by atoms with Crippen LogP contribution in [0.25, 0.3) is 10.7 Å². The highest BCUT2D eigenvalue weighted by Gasteiger charge is 2.29. The number of aromatic nitrogens is 2. The highest BCUT2D eigenvalue weighted by atomic mass is 32.2. The van der Waals surface area contributed by atoms with Gasteiger partial charge in [-0.2, -0.15) is 4.31 Å². The van der Waals surface area contributed by atoms with E-state index in [1.54, 1.807) is 11.6 Å². The van der Waals surface area contributed by atoms with Crippen LogP contribution in [0.15, 0.2) is 52.9 Å². The van der Waals surface area contributed by atoms with E-state index < -0.39 is 20.6 Å². The van der Waals surface area contributed by atoms with E-state index in [9.17, 15) is 18.5 Å². The van der Waals surface area contributed by atoms with Crippen molar-refractivity contribution in [2.24, 2.45) is 0 Å². The third kappa shape index (κ3) is 4.18. The quantitative estimate of drug-likeness (QED) is 0.403. The van der Waals surface area contributed by atoms with Gasteiger partial charge in [0.2, 0.25) is 10.0 Å². The van der Waals surface area contributed by atoms with Crippen LogP contribution in [0.5, 0.6) is 5.75 Å². The summed E-state index contributed by atoms with van der Waals surface area (Å²) in [6.07, 6.45) is 3.25. The number of pyridine rings is 1. The van der Waals surface area contributed by atoms with Gasteiger partial charge in [0, 0.05) is 30.7 Å². The molecule has 0 atom stereocenters. The number of hydrogen-bond donors (Lipinski definition) is 0. The highest BCUT2D eigenvalue weighted by molar-refractivity contribution is 7.89. The minimum atomic E-state index is -3.75. The zero-order valence-corrected chi connectivity index (χ0v) is 17.4. The molecule has 1 saturated heterocycles. The molecule has 1 aliphatic rings. The van der Waals surface area contributed by atoms with Gasteiger partial charge in [0.05, 0.1) is 21.2 Å². The number of sulfonamides is 1. The summed E-state index contributed by atoms with van der Waals surface area (Å²) in [5.41, 5.74) is 0.940. The molecule has 0 saturated carbocycles. The van der Waals surface area contributed by atoms with E-state index in [0.717, 1.165) is 29.6 Å². The van der Waals surface area contributed by atoms with Crippen molar-refractivity contribution in [3.8, 4) is 16.5 Å². The molecule has 3 heterocycles. The predicted molar refractivity (Wildman–Crippen MR) is 111 cm³/mol. The molecule has 4 rings (SSSR count). The lowest BCUT2D eigenvalue weighted by Gasteiger charge is -2.15. The Morgan fingerprint density at radius 3 is 2.70 bits per heavy atom. The first-order chi connectivity index (χ1) is 14.4. The van der Waals surface area contributed by atoms with Crippen molar-refractivity contribution in [2.45, 2.75) is 24.3 Å². The van der Waals surface area contributed by atoms with E-state index in [1.807, 2.05) is 18.2 Å². The predicted octanol–water partition coefficient (Wildman–Crippen LogP) is 3.48. The van der Waals surface area contributed by atoms with Gasteiger partial charge in [-0.25, -0.2) is 13.4 Å². The molecule has 11 heteroatoms. The molecule has 9 nitrogen and oxygen atoms in total. The topological polar surface area (TPSA) is 116 Å². The molecular formula is C19H18N4O5S2. The number of thiazole rings is 1. The van der Waals surface area contributed by atoms with Crippen LogP contribution in [-0.4, -0.2) is 40.7 Å². The van der Waals surface area contributed by atoms with Crippen molar-refractivity contribution in [3.63, 3.8) is 0 Å². The van der Waals surface area contributed by atoms with Gasteiger partial charge in [-0.15, -0.1) is 11.3 Å². The van der Waals surface area contributed by atoms with Gasteiger partial charge in [0.25, 0.3) is 0 Å². The van der Waals surface area contributed by atoms with Crippen LogP contribution in [0, 0.1) is 10.1 Å². The Morgan fingerprint density at radius 2 is 2.00 bits per heavy atom. The monoisotopic (exact) mass is 446 g/mol. The maximum absolute atomic E-state index is 12.7. The van der Waals surface area contributed by atoms with Crippen LogP contribution in [0.3, 0.4) is 0 Å². The van der Waals surface area contributed by atoms with Crippen molar-refractivity contribution in [1.82, 2.24) is 14.3 Å². The molecule has 0 unspecified atom stereocenters. The van der Waals surface area contributed by atoms with Crippen LogP contribution in [0.1, 0.15) is 18.5 Å². The van der Waals surface area contributed by atoms with Crippen LogP contribution in [0.2, 0.25) is 0 Å². The Labute approximate surface area is 177 Å². The van der Waals surface area contributed by atoms with Crippen molar-refractivity contribution < 1.29 is 18.1 Å². The minimum absolute atomic E-state index is 0.00671. The molecule has 0 spiro atoms. The van der Waals surface area contributed by atoms with Gasteiger partial charge in [-0.3, -0.25) is 15.1 Å². The third-order valence-electron chi connectivity index (χ3n) is 4.64. The fourth-order valence-corrected chi connectivity index (χ4v) is 5.45. The van der Waals surface area contributed by atoms with Gasteiger partial charge >= 0.3 is 5.69 Å². The molecule has 1 fully saturated rings. The Bertz CT molecular complexity index is 1160. The number of nitro groups is 1. The number of nitrogens with zero attached hydrogens (tertiary/aromatic N) is 4. The Morgan fingerprint density at radius 1 is 1.20 bits per heavy atom. The lowest BCUT2D eigenvalue weighted by atomic mass is 10.3. The van der Waals surface area contributed by atoms with Crippen molar-refractivity contribution >= 4 is 27.0 Å². The van der Waals surface area contributed by atoms with E-state index >= 15 is 0 Å². The molecule has 0 aliphatic carbocycles. The summed E-state index contributed by atoms with van der Waals surface area (Å²) in [6.45, 7) is 0.871. The van der Waals surface area contributed by atoms with E-state index in [2.05, 4.69) is 9.97 Å². The Kier molecular flexibility index (Phi) is 5.75. The molecule has 156 valence electrons. The average molecular weight is 447 g/mol. The summed E-state index contributed by atoms with van der Waals surface area (Å²) in [5.74, 6) is -0.00671. The molecule has 0 bridgehead atoms. The lowest BCUT2D eigenvalue weighted by molar-refractivity contribution is -0.386. The van der Waals surface area contributed by atoms with Gasteiger partial charge < -0.3 is 4.74 Å². The Hall–Kier alpha value is -2.89. The van der Waals surface area contributed by atoms with Gasteiger partial charge in [-0.1, -0.05) is 6.07 Å². The standard InChI is InChI=1S/C19H18N4O5S2/c24-23(25)17-11-15(30(26,27)22-9-3-4-10-22)6-7-18(17)28-12-14-13-29-19(21-14)16-5-1-2-8-20-16/h1-2,5-8,11,13H,3-4,9-10,12H2. The van der Waals surface area contributed by atoms with Gasteiger partial charge in [0.1, 0.15) is 11.6 Å². The molecule has 30 heavy (non-hydrogen) atoms. The molecule has 0 radical (unpaired) electrons. The summed E-state index contributed by atoms with van der Waals surface area (Å²) in [6, 6.07) is 9.25. The van der Waals surface area contributed by atoms with E-state index in [4.69, 9.17) is 4.74 Å².